The highest BCUT2D eigenvalue weighted by Crippen LogP contribution is 2.27. The summed E-state index contributed by atoms with van der Waals surface area (Å²) < 4.78 is 1.91. The zero-order valence-corrected chi connectivity index (χ0v) is 9.20. The van der Waals surface area contributed by atoms with Crippen molar-refractivity contribution in [1.82, 2.24) is 3.96 Å². The van der Waals surface area contributed by atoms with Crippen LogP contribution in [0.15, 0.2) is 4.79 Å². The molecule has 0 atom stereocenters. The third-order valence-electron chi connectivity index (χ3n) is 2.42. The number of rotatable bonds is 0. The largest absolute Gasteiger partial charge is 0.268 e. The second-order valence-electron chi connectivity index (χ2n) is 4.62. The zero-order chi connectivity index (χ0) is 9.64. The molecule has 0 bridgehead atoms. The lowest BCUT2D eigenvalue weighted by atomic mass is 10.1. The predicted octanol–water partition coefficient (Wildman–Crippen LogP) is 2.15. The van der Waals surface area contributed by atoms with E-state index in [9.17, 15) is 4.79 Å². The average Bonchev–Trinajstić information content (AvgIpc) is 2.51. The van der Waals surface area contributed by atoms with Gasteiger partial charge in [0.05, 0.1) is 5.54 Å². The molecule has 1 aliphatic carbocycles. The molecule has 0 fully saturated rings. The van der Waals surface area contributed by atoms with Crippen molar-refractivity contribution in [2.24, 2.45) is 0 Å². The van der Waals surface area contributed by atoms with Crippen molar-refractivity contribution in [3.63, 3.8) is 0 Å². The third-order valence-corrected chi connectivity index (χ3v) is 3.99. The van der Waals surface area contributed by atoms with Gasteiger partial charge in [-0.1, -0.05) is 11.5 Å². The second kappa shape index (κ2) is 2.71. The summed E-state index contributed by atoms with van der Waals surface area (Å²) in [5.74, 6) is 0. The number of nitrogens with zero attached hydrogens (tertiary/aromatic N) is 1. The van der Waals surface area contributed by atoms with Gasteiger partial charge >= 0.3 is 0 Å². The SMILES string of the molecule is CC(C)(C)n1sc2c(c1=O)CCC2. The van der Waals surface area contributed by atoms with Crippen LogP contribution in [-0.2, 0) is 18.4 Å². The number of aromatic nitrogens is 1. The summed E-state index contributed by atoms with van der Waals surface area (Å²) in [7, 11) is 0. The van der Waals surface area contributed by atoms with Crippen molar-refractivity contribution in [2.45, 2.75) is 45.6 Å². The molecule has 0 saturated carbocycles. The average molecular weight is 197 g/mol. The summed E-state index contributed by atoms with van der Waals surface area (Å²) in [6.07, 6.45) is 3.27. The number of hydrogen-bond donors (Lipinski definition) is 0. The van der Waals surface area contributed by atoms with Crippen LogP contribution in [0.1, 0.15) is 37.6 Å². The summed E-state index contributed by atoms with van der Waals surface area (Å²) >= 11 is 1.66. The van der Waals surface area contributed by atoms with Crippen molar-refractivity contribution in [1.29, 1.82) is 0 Å². The lowest BCUT2D eigenvalue weighted by Crippen LogP contribution is -2.30. The molecule has 0 N–H and O–H groups in total. The minimum absolute atomic E-state index is 0.0495. The van der Waals surface area contributed by atoms with E-state index in [-0.39, 0.29) is 11.1 Å². The first-order valence-corrected chi connectivity index (χ1v) is 5.52. The van der Waals surface area contributed by atoms with E-state index in [1.54, 1.807) is 11.5 Å². The first-order chi connectivity index (χ1) is 6.00. The van der Waals surface area contributed by atoms with Crippen LogP contribution in [0.4, 0.5) is 0 Å². The normalized spacial score (nSPS) is 16.2. The van der Waals surface area contributed by atoms with E-state index in [4.69, 9.17) is 0 Å². The molecular weight excluding hydrogens is 182 g/mol. The van der Waals surface area contributed by atoms with Gasteiger partial charge < -0.3 is 0 Å². The Bertz CT molecular complexity index is 381. The fourth-order valence-corrected chi connectivity index (χ4v) is 2.98. The highest BCUT2D eigenvalue weighted by atomic mass is 32.1. The molecule has 2 nitrogen and oxygen atoms in total. The van der Waals surface area contributed by atoms with Gasteiger partial charge in [0, 0.05) is 10.4 Å². The first-order valence-electron chi connectivity index (χ1n) is 4.75. The summed E-state index contributed by atoms with van der Waals surface area (Å²) in [4.78, 5) is 13.2. The Balaban J connectivity index is 2.58. The van der Waals surface area contributed by atoms with Gasteiger partial charge in [-0.15, -0.1) is 0 Å². The molecule has 0 spiro atoms. The molecule has 0 unspecified atom stereocenters. The Kier molecular flexibility index (Phi) is 1.88. The van der Waals surface area contributed by atoms with Crippen LogP contribution in [0.5, 0.6) is 0 Å². The number of aryl methyl sites for hydroxylation is 1. The Morgan fingerprint density at radius 1 is 1.31 bits per heavy atom. The standard InChI is InChI=1S/C10H15NOS/c1-10(2,3)11-9(12)7-5-4-6-8(7)13-11/h4-6H2,1-3H3. The molecule has 1 heterocycles. The van der Waals surface area contributed by atoms with Gasteiger partial charge in [-0.05, 0) is 40.0 Å². The highest BCUT2D eigenvalue weighted by molar-refractivity contribution is 7.06. The van der Waals surface area contributed by atoms with Gasteiger partial charge in [-0.25, -0.2) is 0 Å². The summed E-state index contributed by atoms with van der Waals surface area (Å²) in [5, 5.41) is 0. The molecule has 1 aromatic heterocycles. The van der Waals surface area contributed by atoms with Crippen molar-refractivity contribution < 1.29 is 0 Å². The maximum Gasteiger partial charge on any atom is 0.264 e. The van der Waals surface area contributed by atoms with Crippen molar-refractivity contribution in [3.05, 3.63) is 20.8 Å². The molecule has 1 aromatic rings. The van der Waals surface area contributed by atoms with Crippen LogP contribution in [-0.4, -0.2) is 3.96 Å². The quantitative estimate of drug-likeness (QED) is 0.624. The van der Waals surface area contributed by atoms with Gasteiger partial charge in [0.15, 0.2) is 0 Å². The molecule has 1 aliphatic rings. The first kappa shape index (κ1) is 9.00. The predicted molar refractivity (Wildman–Crippen MR) is 55.6 cm³/mol. The van der Waals surface area contributed by atoms with Crippen molar-refractivity contribution in [2.75, 3.05) is 0 Å². The van der Waals surface area contributed by atoms with E-state index in [1.165, 1.54) is 11.3 Å². The third kappa shape index (κ3) is 1.35. The minimum atomic E-state index is -0.0495. The minimum Gasteiger partial charge on any atom is -0.268 e. The van der Waals surface area contributed by atoms with Gasteiger partial charge in [0.1, 0.15) is 0 Å². The molecule has 0 saturated heterocycles. The zero-order valence-electron chi connectivity index (χ0n) is 8.39. The molecule has 2 rings (SSSR count). The van der Waals surface area contributed by atoms with Crippen molar-refractivity contribution >= 4 is 11.5 Å². The van der Waals surface area contributed by atoms with Crippen molar-refractivity contribution in [3.8, 4) is 0 Å². The Morgan fingerprint density at radius 3 is 2.54 bits per heavy atom. The van der Waals surface area contributed by atoms with Gasteiger partial charge in [-0.3, -0.25) is 8.75 Å². The van der Waals surface area contributed by atoms with Crippen LogP contribution >= 0.6 is 11.5 Å². The van der Waals surface area contributed by atoms with Crippen LogP contribution in [0.3, 0.4) is 0 Å². The van der Waals surface area contributed by atoms with Crippen LogP contribution in [0.2, 0.25) is 0 Å². The van der Waals surface area contributed by atoms with Gasteiger partial charge in [0.2, 0.25) is 0 Å². The second-order valence-corrected chi connectivity index (χ2v) is 5.66. The van der Waals surface area contributed by atoms with Crippen LogP contribution < -0.4 is 5.56 Å². The van der Waals surface area contributed by atoms with Crippen LogP contribution in [0.25, 0.3) is 0 Å². The number of hydrogen-bond acceptors (Lipinski definition) is 2. The van der Waals surface area contributed by atoms with E-state index in [0.717, 1.165) is 18.4 Å². The lowest BCUT2D eigenvalue weighted by molar-refractivity contribution is 0.418. The summed E-state index contributed by atoms with van der Waals surface area (Å²) in [5.41, 5.74) is 1.29. The van der Waals surface area contributed by atoms with Gasteiger partial charge in [-0.2, -0.15) is 0 Å². The molecule has 13 heavy (non-hydrogen) atoms. The Labute approximate surface area is 82.4 Å². The maximum absolute atomic E-state index is 11.9. The smallest absolute Gasteiger partial charge is 0.264 e. The van der Waals surface area contributed by atoms with E-state index >= 15 is 0 Å². The summed E-state index contributed by atoms with van der Waals surface area (Å²) in [6, 6.07) is 0. The molecule has 0 aliphatic heterocycles. The van der Waals surface area contributed by atoms with Gasteiger partial charge in [0.25, 0.3) is 5.56 Å². The molecule has 72 valence electrons. The number of fused-ring (bicyclic) bond motifs is 1. The topological polar surface area (TPSA) is 22.0 Å². The maximum atomic E-state index is 11.9. The monoisotopic (exact) mass is 197 g/mol. The van der Waals surface area contributed by atoms with E-state index in [0.29, 0.717) is 0 Å². The molecule has 0 radical (unpaired) electrons. The molecular formula is C10H15NOS. The molecule has 3 heteroatoms. The van der Waals surface area contributed by atoms with Crippen LogP contribution in [0, 0.1) is 0 Å². The summed E-state index contributed by atoms with van der Waals surface area (Å²) in [6.45, 7) is 6.25. The fourth-order valence-electron chi connectivity index (χ4n) is 1.76. The highest BCUT2D eigenvalue weighted by Gasteiger charge is 2.25. The van der Waals surface area contributed by atoms with E-state index in [1.807, 2.05) is 3.96 Å². The fraction of sp³-hybridized carbons (Fsp3) is 0.700. The van der Waals surface area contributed by atoms with E-state index < -0.39 is 0 Å². The Hall–Kier alpha value is -0.570. The molecule has 0 amide bonds. The van der Waals surface area contributed by atoms with E-state index in [2.05, 4.69) is 20.8 Å². The molecule has 0 aromatic carbocycles. The Morgan fingerprint density at radius 2 is 2.00 bits per heavy atom. The lowest BCUT2D eigenvalue weighted by Gasteiger charge is -2.18.